The summed E-state index contributed by atoms with van der Waals surface area (Å²) in [5.74, 6) is 2.05. The predicted molar refractivity (Wildman–Crippen MR) is 73.8 cm³/mol. The monoisotopic (exact) mass is 256 g/mol. The number of benzene rings is 1. The van der Waals surface area contributed by atoms with Crippen molar-refractivity contribution in [3.8, 4) is 11.5 Å². The van der Waals surface area contributed by atoms with E-state index in [9.17, 15) is 0 Å². The predicted octanol–water partition coefficient (Wildman–Crippen LogP) is 3.76. The van der Waals surface area contributed by atoms with Gasteiger partial charge in [0.15, 0.2) is 11.5 Å². The molecule has 0 spiro atoms. The molecule has 1 N–H and O–H groups in total. The average molecular weight is 256 g/mol. The van der Waals surface area contributed by atoms with Crippen LogP contribution in [0.2, 0.25) is 0 Å². The Labute approximate surface area is 111 Å². The van der Waals surface area contributed by atoms with Crippen LogP contribution < -0.4 is 5.32 Å². The van der Waals surface area contributed by atoms with E-state index in [1.165, 1.54) is 0 Å². The molecule has 3 aromatic rings. The second-order valence-electron chi connectivity index (χ2n) is 4.49. The van der Waals surface area contributed by atoms with Gasteiger partial charge in [-0.1, -0.05) is 25.1 Å². The SMILES string of the molecule is CCNC(C)c1ncc(-c2cc3ccccc3o2)o1. The molecule has 1 unspecified atom stereocenters. The highest BCUT2D eigenvalue weighted by molar-refractivity contribution is 5.81. The van der Waals surface area contributed by atoms with Crippen LogP contribution in [0.1, 0.15) is 25.8 Å². The standard InChI is InChI=1S/C15H16N2O2/c1-3-16-10(2)15-17-9-14(19-15)13-8-11-6-4-5-7-12(11)18-13/h4-10,16H,3H2,1-2H3. The number of para-hydroxylation sites is 1. The van der Waals surface area contributed by atoms with E-state index in [1.807, 2.05) is 37.3 Å². The third-order valence-corrected chi connectivity index (χ3v) is 3.07. The van der Waals surface area contributed by atoms with Gasteiger partial charge in [-0.2, -0.15) is 0 Å². The number of hydrogen-bond acceptors (Lipinski definition) is 4. The van der Waals surface area contributed by atoms with Crippen molar-refractivity contribution in [3.63, 3.8) is 0 Å². The van der Waals surface area contributed by atoms with E-state index in [0.717, 1.165) is 17.5 Å². The van der Waals surface area contributed by atoms with E-state index in [4.69, 9.17) is 8.83 Å². The molecule has 98 valence electrons. The van der Waals surface area contributed by atoms with E-state index < -0.39 is 0 Å². The van der Waals surface area contributed by atoms with Gasteiger partial charge in [-0.15, -0.1) is 0 Å². The van der Waals surface area contributed by atoms with Crippen LogP contribution in [0.15, 0.2) is 45.4 Å². The van der Waals surface area contributed by atoms with Crippen LogP contribution in [-0.2, 0) is 0 Å². The molecule has 0 fully saturated rings. The lowest BCUT2D eigenvalue weighted by atomic mass is 10.2. The number of nitrogens with one attached hydrogen (secondary N) is 1. The van der Waals surface area contributed by atoms with E-state index in [2.05, 4.69) is 17.2 Å². The summed E-state index contributed by atoms with van der Waals surface area (Å²) in [5.41, 5.74) is 0.857. The lowest BCUT2D eigenvalue weighted by molar-refractivity contribution is 0.422. The number of rotatable bonds is 4. The maximum atomic E-state index is 5.75. The summed E-state index contributed by atoms with van der Waals surface area (Å²) in [6.07, 6.45) is 1.71. The van der Waals surface area contributed by atoms with Gasteiger partial charge in [0.25, 0.3) is 0 Å². The molecule has 1 atom stereocenters. The Morgan fingerprint density at radius 2 is 2.05 bits per heavy atom. The Kier molecular flexibility index (Phi) is 3.09. The van der Waals surface area contributed by atoms with Crippen molar-refractivity contribution >= 4 is 11.0 Å². The fourth-order valence-electron chi connectivity index (χ4n) is 2.10. The van der Waals surface area contributed by atoms with Crippen molar-refractivity contribution in [1.29, 1.82) is 0 Å². The van der Waals surface area contributed by atoms with Crippen molar-refractivity contribution in [2.45, 2.75) is 19.9 Å². The number of furan rings is 1. The molecule has 0 aliphatic rings. The van der Waals surface area contributed by atoms with Gasteiger partial charge in [0, 0.05) is 5.39 Å². The molecule has 3 rings (SSSR count). The molecule has 0 aliphatic carbocycles. The Morgan fingerprint density at radius 1 is 1.21 bits per heavy atom. The second kappa shape index (κ2) is 4.90. The molecule has 19 heavy (non-hydrogen) atoms. The number of hydrogen-bond donors (Lipinski definition) is 1. The van der Waals surface area contributed by atoms with E-state index >= 15 is 0 Å². The lowest BCUT2D eigenvalue weighted by Crippen LogP contribution is -2.17. The molecule has 0 saturated carbocycles. The molecule has 0 bridgehead atoms. The largest absolute Gasteiger partial charge is 0.453 e. The van der Waals surface area contributed by atoms with Gasteiger partial charge in [-0.3, -0.25) is 0 Å². The minimum absolute atomic E-state index is 0.100. The highest BCUT2D eigenvalue weighted by atomic mass is 16.4. The van der Waals surface area contributed by atoms with Gasteiger partial charge in [0.05, 0.1) is 12.2 Å². The maximum absolute atomic E-state index is 5.75. The first-order valence-electron chi connectivity index (χ1n) is 6.46. The molecule has 0 saturated heterocycles. The topological polar surface area (TPSA) is 51.2 Å². The van der Waals surface area contributed by atoms with Crippen LogP contribution in [0, 0.1) is 0 Å². The molecule has 1 aromatic carbocycles. The first kappa shape index (κ1) is 12.0. The minimum Gasteiger partial charge on any atom is -0.453 e. The minimum atomic E-state index is 0.100. The normalized spacial score (nSPS) is 12.9. The quantitative estimate of drug-likeness (QED) is 0.772. The summed E-state index contributed by atoms with van der Waals surface area (Å²) in [6.45, 7) is 4.96. The van der Waals surface area contributed by atoms with Gasteiger partial charge in [0.2, 0.25) is 5.89 Å². The van der Waals surface area contributed by atoms with Crippen molar-refractivity contribution < 1.29 is 8.83 Å². The summed E-state index contributed by atoms with van der Waals surface area (Å²) in [5, 5.41) is 4.33. The van der Waals surface area contributed by atoms with Crippen molar-refractivity contribution in [2.24, 2.45) is 0 Å². The Bertz CT molecular complexity index is 651. The Balaban J connectivity index is 1.93. The van der Waals surface area contributed by atoms with Crippen LogP contribution in [0.4, 0.5) is 0 Å². The van der Waals surface area contributed by atoms with Crippen LogP contribution in [0.3, 0.4) is 0 Å². The van der Waals surface area contributed by atoms with Gasteiger partial charge >= 0.3 is 0 Å². The fourth-order valence-corrected chi connectivity index (χ4v) is 2.10. The molecule has 0 amide bonds. The fraction of sp³-hybridized carbons (Fsp3) is 0.267. The van der Waals surface area contributed by atoms with Crippen molar-refractivity contribution in [1.82, 2.24) is 10.3 Å². The molecule has 2 heterocycles. The first-order chi connectivity index (χ1) is 9.28. The highest BCUT2D eigenvalue weighted by Crippen LogP contribution is 2.29. The number of oxazole rings is 1. The van der Waals surface area contributed by atoms with Crippen molar-refractivity contribution in [3.05, 3.63) is 42.4 Å². The smallest absolute Gasteiger partial charge is 0.211 e. The Hall–Kier alpha value is -2.07. The zero-order valence-electron chi connectivity index (χ0n) is 11.0. The van der Waals surface area contributed by atoms with Crippen LogP contribution in [0.25, 0.3) is 22.5 Å². The molecular weight excluding hydrogens is 240 g/mol. The van der Waals surface area contributed by atoms with E-state index in [-0.39, 0.29) is 6.04 Å². The lowest BCUT2D eigenvalue weighted by Gasteiger charge is -2.06. The van der Waals surface area contributed by atoms with Gasteiger partial charge < -0.3 is 14.2 Å². The van der Waals surface area contributed by atoms with Gasteiger partial charge in [-0.05, 0) is 25.6 Å². The number of nitrogens with zero attached hydrogens (tertiary/aromatic N) is 1. The molecule has 0 aliphatic heterocycles. The Morgan fingerprint density at radius 3 is 2.84 bits per heavy atom. The summed E-state index contributed by atoms with van der Waals surface area (Å²) in [7, 11) is 0. The third-order valence-electron chi connectivity index (χ3n) is 3.07. The van der Waals surface area contributed by atoms with Crippen LogP contribution in [0.5, 0.6) is 0 Å². The second-order valence-corrected chi connectivity index (χ2v) is 4.49. The molecule has 0 radical (unpaired) electrons. The third kappa shape index (κ3) is 2.27. The highest BCUT2D eigenvalue weighted by Gasteiger charge is 2.14. The zero-order valence-corrected chi connectivity index (χ0v) is 11.0. The molecular formula is C15H16N2O2. The molecule has 4 heteroatoms. The summed E-state index contributed by atoms with van der Waals surface area (Å²) in [6, 6.07) is 9.97. The van der Waals surface area contributed by atoms with Crippen molar-refractivity contribution in [2.75, 3.05) is 6.54 Å². The van der Waals surface area contributed by atoms with E-state index in [0.29, 0.717) is 17.4 Å². The average Bonchev–Trinajstić information content (AvgIpc) is 3.05. The summed E-state index contributed by atoms with van der Waals surface area (Å²) in [4.78, 5) is 4.29. The summed E-state index contributed by atoms with van der Waals surface area (Å²) >= 11 is 0. The molecule has 4 nitrogen and oxygen atoms in total. The first-order valence-corrected chi connectivity index (χ1v) is 6.46. The number of aromatic nitrogens is 1. The molecule has 2 aromatic heterocycles. The maximum Gasteiger partial charge on any atom is 0.211 e. The summed E-state index contributed by atoms with van der Waals surface area (Å²) < 4.78 is 11.5. The zero-order chi connectivity index (χ0) is 13.2. The van der Waals surface area contributed by atoms with E-state index in [1.54, 1.807) is 6.20 Å². The number of fused-ring (bicyclic) bond motifs is 1. The van der Waals surface area contributed by atoms with Crippen LogP contribution in [-0.4, -0.2) is 11.5 Å². The van der Waals surface area contributed by atoms with Gasteiger partial charge in [0.1, 0.15) is 5.58 Å². The van der Waals surface area contributed by atoms with Crippen LogP contribution >= 0.6 is 0 Å². The van der Waals surface area contributed by atoms with Gasteiger partial charge in [-0.25, -0.2) is 4.98 Å².